The van der Waals surface area contributed by atoms with Crippen LogP contribution in [0.25, 0.3) is 0 Å². The van der Waals surface area contributed by atoms with E-state index >= 15 is 0 Å². The molecule has 1 saturated heterocycles. The van der Waals surface area contributed by atoms with Gasteiger partial charge >= 0.3 is 6.09 Å². The maximum absolute atomic E-state index is 12.9. The minimum atomic E-state index is -0.674. The van der Waals surface area contributed by atoms with E-state index in [1.807, 2.05) is 58.0 Å². The number of hydrogen-bond acceptors (Lipinski definition) is 4. The Morgan fingerprint density at radius 3 is 2.44 bits per heavy atom. The average molecular weight is 348 g/mol. The van der Waals surface area contributed by atoms with Gasteiger partial charge in [0, 0.05) is 20.2 Å². The van der Waals surface area contributed by atoms with Gasteiger partial charge in [-0.25, -0.2) is 4.79 Å². The van der Waals surface area contributed by atoms with Gasteiger partial charge in [0.15, 0.2) is 0 Å². The van der Waals surface area contributed by atoms with E-state index in [0.717, 1.165) is 5.56 Å². The number of piperazine rings is 1. The Bertz CT molecular complexity index is 597. The number of hydrogen-bond donors (Lipinski definition) is 0. The number of rotatable bonds is 4. The van der Waals surface area contributed by atoms with Crippen LogP contribution in [-0.2, 0) is 20.8 Å². The molecule has 2 atom stereocenters. The highest BCUT2D eigenvalue weighted by Crippen LogP contribution is 2.22. The van der Waals surface area contributed by atoms with Gasteiger partial charge in [-0.3, -0.25) is 9.69 Å². The van der Waals surface area contributed by atoms with Gasteiger partial charge in [-0.05, 0) is 33.3 Å². The first-order chi connectivity index (χ1) is 11.7. The van der Waals surface area contributed by atoms with Crippen LogP contribution in [0, 0.1) is 0 Å². The molecule has 1 unspecified atom stereocenters. The normalized spacial score (nSPS) is 21.4. The molecule has 0 aromatic heterocycles. The number of methoxy groups -OCH3 is 1. The van der Waals surface area contributed by atoms with Gasteiger partial charge < -0.3 is 14.4 Å². The highest BCUT2D eigenvalue weighted by atomic mass is 16.6. The SMILES string of the molecule is COC[C@H]1C(=O)N(Cc2ccccc2)CC(C)N1C(=O)OC(C)(C)C. The molecular formula is C19H28N2O4. The maximum Gasteiger partial charge on any atom is 0.411 e. The molecule has 1 aliphatic heterocycles. The lowest BCUT2D eigenvalue weighted by Gasteiger charge is -2.44. The topological polar surface area (TPSA) is 59.1 Å². The first-order valence-corrected chi connectivity index (χ1v) is 8.56. The average Bonchev–Trinajstić information content (AvgIpc) is 2.51. The van der Waals surface area contributed by atoms with Crippen LogP contribution in [-0.4, -0.2) is 59.7 Å². The second kappa shape index (κ2) is 7.87. The molecule has 0 radical (unpaired) electrons. The van der Waals surface area contributed by atoms with E-state index in [2.05, 4.69) is 0 Å². The van der Waals surface area contributed by atoms with Crippen molar-refractivity contribution in [2.45, 2.75) is 51.9 Å². The van der Waals surface area contributed by atoms with E-state index in [1.54, 1.807) is 4.90 Å². The molecule has 6 nitrogen and oxygen atoms in total. The lowest BCUT2D eigenvalue weighted by atomic mass is 10.1. The third-order valence-corrected chi connectivity index (χ3v) is 4.04. The van der Waals surface area contributed by atoms with Gasteiger partial charge in [0.2, 0.25) is 5.91 Å². The monoisotopic (exact) mass is 348 g/mol. The number of carbonyl (C=O) groups excluding carboxylic acids is 2. The molecule has 1 fully saturated rings. The number of amides is 2. The summed E-state index contributed by atoms with van der Waals surface area (Å²) in [6.45, 7) is 8.50. The zero-order chi connectivity index (χ0) is 18.6. The molecule has 2 rings (SSSR count). The van der Waals surface area contributed by atoms with Gasteiger partial charge in [-0.1, -0.05) is 30.3 Å². The lowest BCUT2D eigenvalue weighted by Crippen LogP contribution is -2.64. The summed E-state index contributed by atoms with van der Waals surface area (Å²) in [4.78, 5) is 28.8. The van der Waals surface area contributed by atoms with Gasteiger partial charge in [0.1, 0.15) is 11.6 Å². The quantitative estimate of drug-likeness (QED) is 0.839. The summed E-state index contributed by atoms with van der Waals surface area (Å²) in [5, 5.41) is 0. The van der Waals surface area contributed by atoms with Crippen molar-refractivity contribution in [2.75, 3.05) is 20.3 Å². The van der Waals surface area contributed by atoms with E-state index < -0.39 is 17.7 Å². The molecule has 1 aromatic rings. The standard InChI is InChI=1S/C19H28N2O4/c1-14-11-20(12-15-9-7-6-8-10-15)17(22)16(13-24-5)21(14)18(23)25-19(2,3)4/h6-10,14,16H,11-13H2,1-5H3/t14?,16-/m0/s1. The van der Waals surface area contributed by atoms with Crippen LogP contribution >= 0.6 is 0 Å². The summed E-state index contributed by atoms with van der Waals surface area (Å²) in [6, 6.07) is 9.00. The molecule has 0 bridgehead atoms. The summed E-state index contributed by atoms with van der Waals surface area (Å²) in [7, 11) is 1.53. The van der Waals surface area contributed by atoms with E-state index in [9.17, 15) is 9.59 Å². The Hall–Kier alpha value is -2.08. The second-order valence-corrected chi connectivity index (χ2v) is 7.41. The van der Waals surface area contributed by atoms with Crippen LogP contribution in [0.2, 0.25) is 0 Å². The highest BCUT2D eigenvalue weighted by Gasteiger charge is 2.43. The Labute approximate surface area is 149 Å². The summed E-state index contributed by atoms with van der Waals surface area (Å²) < 4.78 is 10.7. The molecular weight excluding hydrogens is 320 g/mol. The van der Waals surface area contributed by atoms with Crippen molar-refractivity contribution >= 4 is 12.0 Å². The van der Waals surface area contributed by atoms with Crippen molar-refractivity contribution in [3.63, 3.8) is 0 Å². The molecule has 25 heavy (non-hydrogen) atoms. The van der Waals surface area contributed by atoms with Crippen LogP contribution in [0.4, 0.5) is 4.79 Å². The zero-order valence-corrected chi connectivity index (χ0v) is 15.7. The molecule has 0 spiro atoms. The first-order valence-electron chi connectivity index (χ1n) is 8.56. The Morgan fingerprint density at radius 2 is 1.88 bits per heavy atom. The molecule has 1 aromatic carbocycles. The predicted molar refractivity (Wildman–Crippen MR) is 95.1 cm³/mol. The number of ether oxygens (including phenoxy) is 2. The van der Waals surface area contributed by atoms with E-state index in [-0.39, 0.29) is 18.6 Å². The molecule has 2 amide bonds. The third kappa shape index (κ3) is 4.95. The minimum Gasteiger partial charge on any atom is -0.444 e. The highest BCUT2D eigenvalue weighted by molar-refractivity contribution is 5.87. The smallest absolute Gasteiger partial charge is 0.411 e. The van der Waals surface area contributed by atoms with Crippen LogP contribution in [0.5, 0.6) is 0 Å². The largest absolute Gasteiger partial charge is 0.444 e. The third-order valence-electron chi connectivity index (χ3n) is 4.04. The van der Waals surface area contributed by atoms with E-state index in [0.29, 0.717) is 13.1 Å². The fraction of sp³-hybridized carbons (Fsp3) is 0.579. The van der Waals surface area contributed by atoms with Crippen LogP contribution in [0.3, 0.4) is 0 Å². The van der Waals surface area contributed by atoms with Crippen molar-refractivity contribution in [1.29, 1.82) is 0 Å². The Balaban J connectivity index is 2.19. The molecule has 6 heteroatoms. The summed E-state index contributed by atoms with van der Waals surface area (Å²) in [5.74, 6) is -0.116. The number of nitrogens with zero attached hydrogens (tertiary/aromatic N) is 2. The summed E-state index contributed by atoms with van der Waals surface area (Å²) >= 11 is 0. The molecule has 0 saturated carbocycles. The van der Waals surface area contributed by atoms with E-state index in [4.69, 9.17) is 9.47 Å². The molecule has 1 aliphatic rings. The summed E-state index contributed by atoms with van der Waals surface area (Å²) in [5.41, 5.74) is 0.448. The molecule has 0 N–H and O–H groups in total. The predicted octanol–water partition coefficient (Wildman–Crippen LogP) is 2.67. The fourth-order valence-electron chi connectivity index (χ4n) is 3.01. The Kier molecular flexibility index (Phi) is 6.06. The van der Waals surface area contributed by atoms with Crippen molar-refractivity contribution in [1.82, 2.24) is 9.80 Å². The molecule has 1 heterocycles. The zero-order valence-electron chi connectivity index (χ0n) is 15.7. The van der Waals surface area contributed by atoms with Crippen molar-refractivity contribution in [3.05, 3.63) is 35.9 Å². The van der Waals surface area contributed by atoms with Crippen LogP contribution in [0.15, 0.2) is 30.3 Å². The van der Waals surface area contributed by atoms with Gasteiger partial charge in [0.25, 0.3) is 0 Å². The Morgan fingerprint density at radius 1 is 1.24 bits per heavy atom. The van der Waals surface area contributed by atoms with Crippen molar-refractivity contribution < 1.29 is 19.1 Å². The van der Waals surface area contributed by atoms with Gasteiger partial charge in [-0.15, -0.1) is 0 Å². The number of benzene rings is 1. The fourth-order valence-corrected chi connectivity index (χ4v) is 3.01. The maximum atomic E-state index is 12.9. The minimum absolute atomic E-state index is 0.116. The van der Waals surface area contributed by atoms with Crippen molar-refractivity contribution in [3.8, 4) is 0 Å². The molecule has 0 aliphatic carbocycles. The van der Waals surface area contributed by atoms with Crippen molar-refractivity contribution in [2.24, 2.45) is 0 Å². The lowest BCUT2D eigenvalue weighted by molar-refractivity contribution is -0.147. The van der Waals surface area contributed by atoms with E-state index in [1.165, 1.54) is 12.0 Å². The first kappa shape index (κ1) is 19.2. The van der Waals surface area contributed by atoms with Gasteiger partial charge in [0.05, 0.1) is 12.6 Å². The molecule has 138 valence electrons. The van der Waals surface area contributed by atoms with Crippen LogP contribution in [0.1, 0.15) is 33.3 Å². The second-order valence-electron chi connectivity index (χ2n) is 7.41. The summed E-state index contributed by atoms with van der Waals surface area (Å²) in [6.07, 6.45) is -0.477. The number of carbonyl (C=O) groups is 2. The van der Waals surface area contributed by atoms with Gasteiger partial charge in [-0.2, -0.15) is 0 Å². The van der Waals surface area contributed by atoms with Crippen LogP contribution < -0.4 is 0 Å².